The topological polar surface area (TPSA) is 53.1 Å². The molecule has 1 aliphatic heterocycles. The Bertz CT molecular complexity index is 537. The van der Waals surface area contributed by atoms with Gasteiger partial charge in [0.15, 0.2) is 0 Å². The fraction of sp³-hybridized carbons (Fsp3) is 0.333. The number of rotatable bonds is 4. The van der Waals surface area contributed by atoms with E-state index in [1.807, 2.05) is 30.6 Å². The summed E-state index contributed by atoms with van der Waals surface area (Å²) >= 11 is 0. The highest BCUT2D eigenvalue weighted by Gasteiger charge is 2.10. The lowest BCUT2D eigenvalue weighted by molar-refractivity contribution is 0.589. The van der Waals surface area contributed by atoms with Gasteiger partial charge >= 0.3 is 0 Å². The molecule has 2 N–H and O–H groups in total. The van der Waals surface area contributed by atoms with E-state index in [0.29, 0.717) is 6.54 Å². The Labute approximate surface area is 119 Å². The Kier molecular flexibility index (Phi) is 4.08. The Morgan fingerprint density at radius 1 is 1.10 bits per heavy atom. The van der Waals surface area contributed by atoms with E-state index < -0.39 is 0 Å². The van der Waals surface area contributed by atoms with E-state index in [9.17, 15) is 0 Å². The molecule has 0 unspecified atom stereocenters. The number of anilines is 2. The van der Waals surface area contributed by atoms with Crippen molar-refractivity contribution in [1.29, 1.82) is 0 Å². The zero-order valence-corrected chi connectivity index (χ0v) is 11.4. The third-order valence-corrected chi connectivity index (χ3v) is 3.40. The van der Waals surface area contributed by atoms with Crippen LogP contribution in [0.5, 0.6) is 0 Å². The molecule has 1 aliphatic rings. The third-order valence-electron chi connectivity index (χ3n) is 3.40. The van der Waals surface area contributed by atoms with Crippen LogP contribution in [0.3, 0.4) is 0 Å². The number of piperazine rings is 1. The molecule has 3 rings (SSSR count). The van der Waals surface area contributed by atoms with Crippen LogP contribution in [-0.4, -0.2) is 36.1 Å². The summed E-state index contributed by atoms with van der Waals surface area (Å²) in [5, 5.41) is 6.69. The summed E-state index contributed by atoms with van der Waals surface area (Å²) in [5.74, 6) is 0.895. The van der Waals surface area contributed by atoms with Gasteiger partial charge in [-0.1, -0.05) is 6.07 Å². The number of hydrogen-bond donors (Lipinski definition) is 2. The molecule has 0 aromatic carbocycles. The van der Waals surface area contributed by atoms with Crippen LogP contribution in [0.2, 0.25) is 0 Å². The Balaban J connectivity index is 1.65. The van der Waals surface area contributed by atoms with Crippen LogP contribution in [0.4, 0.5) is 11.5 Å². The number of hydrogen-bond acceptors (Lipinski definition) is 5. The minimum Gasteiger partial charge on any atom is -0.369 e. The largest absolute Gasteiger partial charge is 0.369 e. The van der Waals surface area contributed by atoms with Crippen molar-refractivity contribution in [3.8, 4) is 0 Å². The molecule has 0 amide bonds. The van der Waals surface area contributed by atoms with Crippen LogP contribution in [0.15, 0.2) is 42.7 Å². The maximum atomic E-state index is 4.37. The van der Waals surface area contributed by atoms with Crippen LogP contribution in [0.25, 0.3) is 0 Å². The molecular weight excluding hydrogens is 250 g/mol. The molecule has 3 heterocycles. The second-order valence-electron chi connectivity index (χ2n) is 4.81. The van der Waals surface area contributed by atoms with E-state index >= 15 is 0 Å². The first-order valence-electron chi connectivity index (χ1n) is 6.97. The zero-order valence-electron chi connectivity index (χ0n) is 11.4. The van der Waals surface area contributed by atoms with E-state index in [-0.39, 0.29) is 0 Å². The average molecular weight is 269 g/mol. The van der Waals surface area contributed by atoms with Crippen LogP contribution in [0, 0.1) is 0 Å². The van der Waals surface area contributed by atoms with Crippen molar-refractivity contribution in [3.63, 3.8) is 0 Å². The molecule has 104 valence electrons. The summed E-state index contributed by atoms with van der Waals surface area (Å²) in [5.41, 5.74) is 2.24. The molecule has 2 aromatic heterocycles. The standard InChI is InChI=1S/C15H19N5/c1-2-5-17-13(3-1)12-19-15-11-14(4-6-18-15)20-9-7-16-8-10-20/h1-6,11,16H,7-10,12H2,(H,18,19). The van der Waals surface area contributed by atoms with Gasteiger partial charge in [-0.15, -0.1) is 0 Å². The summed E-state index contributed by atoms with van der Waals surface area (Å²) in [6.07, 6.45) is 3.67. The quantitative estimate of drug-likeness (QED) is 0.881. The maximum Gasteiger partial charge on any atom is 0.128 e. The van der Waals surface area contributed by atoms with Crippen molar-refractivity contribution in [1.82, 2.24) is 15.3 Å². The molecule has 0 bridgehead atoms. The molecule has 0 atom stereocenters. The fourth-order valence-corrected chi connectivity index (χ4v) is 2.32. The predicted molar refractivity (Wildman–Crippen MR) is 80.9 cm³/mol. The van der Waals surface area contributed by atoms with Gasteiger partial charge in [-0.2, -0.15) is 0 Å². The first kappa shape index (κ1) is 12.9. The van der Waals surface area contributed by atoms with Crippen molar-refractivity contribution < 1.29 is 0 Å². The molecule has 0 aliphatic carbocycles. The second kappa shape index (κ2) is 6.34. The molecule has 0 saturated carbocycles. The highest BCUT2D eigenvalue weighted by molar-refractivity contribution is 5.54. The lowest BCUT2D eigenvalue weighted by Gasteiger charge is -2.29. The molecule has 1 fully saturated rings. The zero-order chi connectivity index (χ0) is 13.6. The molecule has 1 saturated heterocycles. The Morgan fingerprint density at radius 3 is 2.80 bits per heavy atom. The highest BCUT2D eigenvalue weighted by atomic mass is 15.2. The smallest absolute Gasteiger partial charge is 0.128 e. The van der Waals surface area contributed by atoms with E-state index in [1.54, 1.807) is 0 Å². The van der Waals surface area contributed by atoms with Crippen LogP contribution in [-0.2, 0) is 6.54 Å². The second-order valence-corrected chi connectivity index (χ2v) is 4.81. The third kappa shape index (κ3) is 3.24. The SMILES string of the molecule is c1ccc(CNc2cc(N3CCNCC3)ccn2)nc1. The molecule has 2 aromatic rings. The van der Waals surface area contributed by atoms with Gasteiger partial charge in [-0.05, 0) is 18.2 Å². The van der Waals surface area contributed by atoms with Gasteiger partial charge in [0.2, 0.25) is 0 Å². The summed E-state index contributed by atoms with van der Waals surface area (Å²) in [6, 6.07) is 10.1. The maximum absolute atomic E-state index is 4.37. The molecule has 5 heteroatoms. The van der Waals surface area contributed by atoms with Crippen molar-refractivity contribution in [2.24, 2.45) is 0 Å². The van der Waals surface area contributed by atoms with E-state index in [2.05, 4.69) is 37.6 Å². The first-order valence-corrected chi connectivity index (χ1v) is 6.97. The number of nitrogens with zero attached hydrogens (tertiary/aromatic N) is 3. The van der Waals surface area contributed by atoms with Gasteiger partial charge in [0.25, 0.3) is 0 Å². The van der Waals surface area contributed by atoms with Crippen LogP contribution < -0.4 is 15.5 Å². The van der Waals surface area contributed by atoms with Crippen molar-refractivity contribution in [2.45, 2.75) is 6.54 Å². The summed E-state index contributed by atoms with van der Waals surface area (Å²) in [6.45, 7) is 4.87. The van der Waals surface area contributed by atoms with Crippen molar-refractivity contribution >= 4 is 11.5 Å². The lowest BCUT2D eigenvalue weighted by atomic mass is 10.3. The average Bonchev–Trinajstić information content (AvgIpc) is 2.55. The number of pyridine rings is 2. The lowest BCUT2D eigenvalue weighted by Crippen LogP contribution is -2.43. The van der Waals surface area contributed by atoms with Crippen LogP contribution in [0.1, 0.15) is 5.69 Å². The molecule has 20 heavy (non-hydrogen) atoms. The highest BCUT2D eigenvalue weighted by Crippen LogP contribution is 2.18. The molecule has 0 spiro atoms. The van der Waals surface area contributed by atoms with Gasteiger partial charge in [-0.3, -0.25) is 4.98 Å². The number of aromatic nitrogens is 2. The predicted octanol–water partition coefficient (Wildman–Crippen LogP) is 1.50. The summed E-state index contributed by atoms with van der Waals surface area (Å²) < 4.78 is 0. The fourth-order valence-electron chi connectivity index (χ4n) is 2.32. The normalized spacial score (nSPS) is 15.1. The van der Waals surface area contributed by atoms with Crippen LogP contribution >= 0.6 is 0 Å². The Morgan fingerprint density at radius 2 is 2.00 bits per heavy atom. The minimum atomic E-state index is 0.693. The Hall–Kier alpha value is -2.14. The molecule has 5 nitrogen and oxygen atoms in total. The van der Waals surface area contributed by atoms with E-state index in [1.165, 1.54) is 5.69 Å². The van der Waals surface area contributed by atoms with Gasteiger partial charge < -0.3 is 15.5 Å². The number of nitrogens with one attached hydrogen (secondary N) is 2. The first-order chi connectivity index (χ1) is 9.92. The minimum absolute atomic E-state index is 0.693. The van der Waals surface area contributed by atoms with Gasteiger partial charge in [0.05, 0.1) is 12.2 Å². The summed E-state index contributed by atoms with van der Waals surface area (Å²) in [4.78, 5) is 11.0. The molecular formula is C15H19N5. The summed E-state index contributed by atoms with van der Waals surface area (Å²) in [7, 11) is 0. The van der Waals surface area contributed by atoms with Gasteiger partial charge in [0.1, 0.15) is 5.82 Å². The van der Waals surface area contributed by atoms with Gasteiger partial charge in [0, 0.05) is 50.3 Å². The van der Waals surface area contributed by atoms with Gasteiger partial charge in [-0.25, -0.2) is 4.98 Å². The van der Waals surface area contributed by atoms with E-state index in [0.717, 1.165) is 37.7 Å². The van der Waals surface area contributed by atoms with Crippen molar-refractivity contribution in [2.75, 3.05) is 36.4 Å². The molecule has 0 radical (unpaired) electrons. The van der Waals surface area contributed by atoms with E-state index in [4.69, 9.17) is 0 Å². The van der Waals surface area contributed by atoms with Crippen molar-refractivity contribution in [3.05, 3.63) is 48.4 Å². The monoisotopic (exact) mass is 269 g/mol.